The molecule has 17 heavy (non-hydrogen) atoms. The smallest absolute Gasteiger partial charge is 0.0593 e. The molecule has 0 bridgehead atoms. The highest BCUT2D eigenvalue weighted by atomic mass is 32.2. The van der Waals surface area contributed by atoms with Gasteiger partial charge in [0.2, 0.25) is 0 Å². The summed E-state index contributed by atoms with van der Waals surface area (Å²) in [7, 11) is 2.19. The molecular formula is C13H24N2S2. The maximum atomic E-state index is 6.19. The van der Waals surface area contributed by atoms with Gasteiger partial charge in [-0.25, -0.2) is 0 Å². The minimum Gasteiger partial charge on any atom is -0.326 e. The quantitative estimate of drug-likeness (QED) is 0.863. The second kappa shape index (κ2) is 6.78. The van der Waals surface area contributed by atoms with Gasteiger partial charge >= 0.3 is 0 Å². The first-order valence-electron chi connectivity index (χ1n) is 5.99. The zero-order valence-corrected chi connectivity index (χ0v) is 13.1. The summed E-state index contributed by atoms with van der Waals surface area (Å²) in [5.74, 6) is 1.14. The Balaban J connectivity index is 2.90. The first-order chi connectivity index (χ1) is 7.99. The molecule has 4 heteroatoms. The molecule has 0 amide bonds. The highest BCUT2D eigenvalue weighted by molar-refractivity contribution is 7.98. The van der Waals surface area contributed by atoms with E-state index in [1.807, 2.05) is 23.1 Å². The molecule has 0 aliphatic carbocycles. The maximum Gasteiger partial charge on any atom is 0.0593 e. The van der Waals surface area contributed by atoms with Crippen molar-refractivity contribution in [2.24, 2.45) is 5.73 Å². The Kier molecular flexibility index (Phi) is 6.00. The predicted molar refractivity (Wildman–Crippen MR) is 81.1 cm³/mol. The largest absolute Gasteiger partial charge is 0.326 e. The number of hydrogen-bond donors (Lipinski definition) is 1. The Hall–Kier alpha value is -0.0300. The number of nitrogens with two attached hydrogens (primary N) is 1. The number of aryl methyl sites for hydroxylation is 1. The maximum absolute atomic E-state index is 6.19. The van der Waals surface area contributed by atoms with Crippen LogP contribution in [0.3, 0.4) is 0 Å². The number of rotatable bonds is 6. The second-order valence-electron chi connectivity index (χ2n) is 4.74. The zero-order valence-electron chi connectivity index (χ0n) is 11.4. The van der Waals surface area contributed by atoms with E-state index in [-0.39, 0.29) is 6.04 Å². The van der Waals surface area contributed by atoms with Gasteiger partial charge in [0.15, 0.2) is 0 Å². The second-order valence-corrected chi connectivity index (χ2v) is 6.60. The summed E-state index contributed by atoms with van der Waals surface area (Å²) in [6.45, 7) is 6.55. The van der Waals surface area contributed by atoms with Crippen molar-refractivity contribution in [3.63, 3.8) is 0 Å². The fourth-order valence-corrected chi connectivity index (χ4v) is 4.03. The third-order valence-corrected chi connectivity index (χ3v) is 5.12. The molecule has 1 aromatic rings. The van der Waals surface area contributed by atoms with E-state index in [9.17, 15) is 0 Å². The van der Waals surface area contributed by atoms with Gasteiger partial charge in [0.25, 0.3) is 0 Å². The van der Waals surface area contributed by atoms with Crippen LogP contribution < -0.4 is 5.73 Å². The fourth-order valence-electron chi connectivity index (χ4n) is 2.11. The van der Waals surface area contributed by atoms with Crippen molar-refractivity contribution in [3.05, 3.63) is 21.9 Å². The van der Waals surface area contributed by atoms with E-state index < -0.39 is 0 Å². The van der Waals surface area contributed by atoms with Crippen LogP contribution in [0.1, 0.15) is 30.3 Å². The van der Waals surface area contributed by atoms with Crippen LogP contribution in [0.25, 0.3) is 0 Å². The van der Waals surface area contributed by atoms with Crippen LogP contribution in [-0.2, 0) is 0 Å². The average molecular weight is 272 g/mol. The van der Waals surface area contributed by atoms with E-state index in [1.54, 1.807) is 0 Å². The van der Waals surface area contributed by atoms with E-state index in [2.05, 4.69) is 50.4 Å². The van der Waals surface area contributed by atoms with E-state index in [0.29, 0.717) is 12.1 Å². The molecule has 2 N–H and O–H groups in total. The van der Waals surface area contributed by atoms with Gasteiger partial charge in [-0.2, -0.15) is 11.8 Å². The van der Waals surface area contributed by atoms with Gasteiger partial charge in [0.05, 0.1) is 6.04 Å². The van der Waals surface area contributed by atoms with Crippen molar-refractivity contribution < 1.29 is 0 Å². The van der Waals surface area contributed by atoms with Gasteiger partial charge in [-0.15, -0.1) is 11.3 Å². The minimum absolute atomic E-state index is 0.154. The average Bonchev–Trinajstić information content (AvgIpc) is 2.65. The van der Waals surface area contributed by atoms with Crippen molar-refractivity contribution in [3.8, 4) is 0 Å². The van der Waals surface area contributed by atoms with Crippen LogP contribution in [0, 0.1) is 6.92 Å². The highest BCUT2D eigenvalue weighted by Crippen LogP contribution is 2.31. The number of likely N-dealkylation sites (N-methyl/N-ethyl adjacent to an activating group) is 1. The molecule has 2 nitrogen and oxygen atoms in total. The summed E-state index contributed by atoms with van der Waals surface area (Å²) in [4.78, 5) is 3.83. The molecule has 3 atom stereocenters. The molecule has 1 heterocycles. The van der Waals surface area contributed by atoms with Crippen molar-refractivity contribution in [1.29, 1.82) is 0 Å². The molecule has 98 valence electrons. The van der Waals surface area contributed by atoms with Gasteiger partial charge in [-0.3, -0.25) is 4.90 Å². The Morgan fingerprint density at radius 3 is 2.53 bits per heavy atom. The zero-order chi connectivity index (χ0) is 13.0. The standard InChI is InChI=1S/C13H24N2S2/c1-9-6-7-17-13(9)12(11(3)14)15(4)10(2)8-16-5/h6-7,10-12H,8,14H2,1-5H3. The fraction of sp³-hybridized carbons (Fsp3) is 0.692. The lowest BCUT2D eigenvalue weighted by Gasteiger charge is -2.35. The third kappa shape index (κ3) is 3.71. The predicted octanol–water partition coefficient (Wildman–Crippen LogP) is 3.13. The molecule has 0 saturated carbocycles. The van der Waals surface area contributed by atoms with E-state index in [1.165, 1.54) is 10.4 Å². The topological polar surface area (TPSA) is 29.3 Å². The number of thioether (sulfide) groups is 1. The lowest BCUT2D eigenvalue weighted by molar-refractivity contribution is 0.181. The summed E-state index contributed by atoms with van der Waals surface area (Å²) in [5.41, 5.74) is 7.55. The Bertz CT molecular complexity index is 336. The summed E-state index contributed by atoms with van der Waals surface area (Å²) in [6.07, 6.45) is 2.15. The molecule has 0 saturated heterocycles. The summed E-state index contributed by atoms with van der Waals surface area (Å²) >= 11 is 3.71. The molecule has 1 aromatic heterocycles. The summed E-state index contributed by atoms with van der Waals surface area (Å²) < 4.78 is 0. The van der Waals surface area contributed by atoms with Crippen LogP contribution in [-0.4, -0.2) is 36.0 Å². The highest BCUT2D eigenvalue weighted by Gasteiger charge is 2.26. The molecule has 0 aliphatic heterocycles. The van der Waals surface area contributed by atoms with E-state index in [0.717, 1.165) is 5.75 Å². The summed E-state index contributed by atoms with van der Waals surface area (Å²) in [6, 6.07) is 3.21. The first kappa shape index (κ1) is 15.0. The van der Waals surface area contributed by atoms with Crippen molar-refractivity contribution >= 4 is 23.1 Å². The van der Waals surface area contributed by atoms with Gasteiger partial charge in [-0.05, 0) is 51.1 Å². The monoisotopic (exact) mass is 272 g/mol. The minimum atomic E-state index is 0.154. The number of hydrogen-bond acceptors (Lipinski definition) is 4. The van der Waals surface area contributed by atoms with Gasteiger partial charge in [-0.1, -0.05) is 0 Å². The SMILES string of the molecule is CSCC(C)N(C)C(c1sccc1C)C(C)N. The molecule has 0 spiro atoms. The normalized spacial score (nSPS) is 17.1. The van der Waals surface area contributed by atoms with E-state index >= 15 is 0 Å². The molecule has 0 aromatic carbocycles. The van der Waals surface area contributed by atoms with Crippen LogP contribution in [0.2, 0.25) is 0 Å². The van der Waals surface area contributed by atoms with Crippen molar-refractivity contribution in [2.45, 2.75) is 38.9 Å². The van der Waals surface area contributed by atoms with Crippen LogP contribution in [0.15, 0.2) is 11.4 Å². The van der Waals surface area contributed by atoms with E-state index in [4.69, 9.17) is 5.73 Å². The van der Waals surface area contributed by atoms with Crippen LogP contribution in [0.5, 0.6) is 0 Å². The van der Waals surface area contributed by atoms with Crippen molar-refractivity contribution in [2.75, 3.05) is 19.1 Å². The molecule has 0 radical (unpaired) electrons. The lowest BCUT2D eigenvalue weighted by atomic mass is 10.0. The van der Waals surface area contributed by atoms with Crippen LogP contribution >= 0.6 is 23.1 Å². The lowest BCUT2D eigenvalue weighted by Crippen LogP contribution is -2.42. The summed E-state index contributed by atoms with van der Waals surface area (Å²) in [5, 5.41) is 2.16. The van der Waals surface area contributed by atoms with Gasteiger partial charge in [0, 0.05) is 22.7 Å². The van der Waals surface area contributed by atoms with Crippen LogP contribution in [0.4, 0.5) is 0 Å². The van der Waals surface area contributed by atoms with Gasteiger partial charge in [0.1, 0.15) is 0 Å². The van der Waals surface area contributed by atoms with Gasteiger partial charge < -0.3 is 5.73 Å². The number of nitrogens with zero attached hydrogens (tertiary/aromatic N) is 1. The Morgan fingerprint density at radius 2 is 2.12 bits per heavy atom. The molecule has 0 fully saturated rings. The Morgan fingerprint density at radius 1 is 1.47 bits per heavy atom. The molecule has 3 unspecified atom stereocenters. The number of thiophene rings is 1. The molecular weight excluding hydrogens is 248 g/mol. The third-order valence-electron chi connectivity index (χ3n) is 3.21. The molecule has 1 rings (SSSR count). The Labute approximate surface area is 114 Å². The van der Waals surface area contributed by atoms with Crippen molar-refractivity contribution in [1.82, 2.24) is 4.90 Å². The first-order valence-corrected chi connectivity index (χ1v) is 8.26. The molecule has 0 aliphatic rings.